The molecular formula is C15H13BrO3S. The van der Waals surface area contributed by atoms with Crippen molar-refractivity contribution in [1.82, 2.24) is 0 Å². The second-order valence-corrected chi connectivity index (χ2v) is 7.29. The van der Waals surface area contributed by atoms with E-state index in [4.69, 9.17) is 4.18 Å². The molecule has 1 aliphatic rings. The Morgan fingerprint density at radius 3 is 2.45 bits per heavy atom. The number of hydrogen-bond acceptors (Lipinski definition) is 3. The molecule has 3 rings (SSSR count). The summed E-state index contributed by atoms with van der Waals surface area (Å²) in [6.07, 6.45) is 0.944. The quantitative estimate of drug-likeness (QED) is 0.795. The Morgan fingerprint density at radius 1 is 1.00 bits per heavy atom. The SMILES string of the molecule is O=S(=O)(OC1Cc2ccc(Br)cc2C1)c1ccccc1. The summed E-state index contributed by atoms with van der Waals surface area (Å²) in [4.78, 5) is 0.206. The molecule has 0 N–H and O–H groups in total. The van der Waals surface area contributed by atoms with E-state index < -0.39 is 10.1 Å². The number of rotatable bonds is 3. The zero-order valence-electron chi connectivity index (χ0n) is 10.6. The van der Waals surface area contributed by atoms with Gasteiger partial charge in [-0.05, 0) is 35.4 Å². The predicted octanol–water partition coefficient (Wildman–Crippen LogP) is 3.32. The van der Waals surface area contributed by atoms with Gasteiger partial charge in [0.1, 0.15) is 0 Å². The van der Waals surface area contributed by atoms with Gasteiger partial charge in [-0.2, -0.15) is 8.42 Å². The highest BCUT2D eigenvalue weighted by atomic mass is 79.9. The molecule has 2 aromatic carbocycles. The molecule has 0 aromatic heterocycles. The molecular weight excluding hydrogens is 340 g/mol. The number of fused-ring (bicyclic) bond motifs is 1. The van der Waals surface area contributed by atoms with Crippen molar-refractivity contribution < 1.29 is 12.6 Å². The van der Waals surface area contributed by atoms with Gasteiger partial charge in [0.15, 0.2) is 0 Å². The molecule has 0 heterocycles. The fraction of sp³-hybridized carbons (Fsp3) is 0.200. The summed E-state index contributed by atoms with van der Waals surface area (Å²) in [7, 11) is -3.68. The minimum atomic E-state index is -3.68. The Labute approximate surface area is 126 Å². The second-order valence-electron chi connectivity index (χ2n) is 4.81. The lowest BCUT2D eigenvalue weighted by Gasteiger charge is -2.11. The van der Waals surface area contributed by atoms with Crippen LogP contribution in [0.2, 0.25) is 0 Å². The van der Waals surface area contributed by atoms with Crippen LogP contribution in [0.15, 0.2) is 57.9 Å². The van der Waals surface area contributed by atoms with Crippen molar-refractivity contribution in [2.45, 2.75) is 23.8 Å². The Morgan fingerprint density at radius 2 is 1.70 bits per heavy atom. The third kappa shape index (κ3) is 2.80. The Hall–Kier alpha value is -1.17. The maximum atomic E-state index is 12.2. The summed E-state index contributed by atoms with van der Waals surface area (Å²) >= 11 is 3.42. The van der Waals surface area contributed by atoms with Gasteiger partial charge in [0.2, 0.25) is 0 Å². The van der Waals surface area contributed by atoms with Gasteiger partial charge in [-0.1, -0.05) is 40.2 Å². The summed E-state index contributed by atoms with van der Waals surface area (Å²) < 4.78 is 30.7. The Bertz CT molecular complexity index is 726. The lowest BCUT2D eigenvalue weighted by atomic mass is 10.1. The van der Waals surface area contributed by atoms with Crippen LogP contribution in [0.5, 0.6) is 0 Å². The van der Waals surface area contributed by atoms with Gasteiger partial charge >= 0.3 is 0 Å². The minimum Gasteiger partial charge on any atom is -0.262 e. The first-order chi connectivity index (χ1) is 9.54. The van der Waals surface area contributed by atoms with Crippen molar-refractivity contribution in [2.75, 3.05) is 0 Å². The van der Waals surface area contributed by atoms with Crippen LogP contribution in [0, 0.1) is 0 Å². The van der Waals surface area contributed by atoms with Crippen molar-refractivity contribution in [3.05, 3.63) is 64.1 Å². The molecule has 5 heteroatoms. The van der Waals surface area contributed by atoms with Crippen LogP contribution < -0.4 is 0 Å². The van der Waals surface area contributed by atoms with E-state index in [1.807, 2.05) is 18.2 Å². The van der Waals surface area contributed by atoms with Gasteiger partial charge in [-0.25, -0.2) is 0 Å². The molecule has 0 radical (unpaired) electrons. The molecule has 1 unspecified atom stereocenters. The Kier molecular flexibility index (Phi) is 3.67. The van der Waals surface area contributed by atoms with Crippen LogP contribution in [0.3, 0.4) is 0 Å². The normalized spacial score (nSPS) is 17.9. The molecule has 1 aliphatic carbocycles. The topological polar surface area (TPSA) is 43.4 Å². The van der Waals surface area contributed by atoms with E-state index in [-0.39, 0.29) is 11.0 Å². The molecule has 0 fully saturated rings. The van der Waals surface area contributed by atoms with Crippen molar-refractivity contribution in [3.63, 3.8) is 0 Å². The predicted molar refractivity (Wildman–Crippen MR) is 80.1 cm³/mol. The van der Waals surface area contributed by atoms with Gasteiger partial charge < -0.3 is 0 Å². The minimum absolute atomic E-state index is 0.206. The van der Waals surface area contributed by atoms with E-state index in [0.29, 0.717) is 12.8 Å². The molecule has 20 heavy (non-hydrogen) atoms. The zero-order chi connectivity index (χ0) is 14.2. The van der Waals surface area contributed by atoms with Crippen LogP contribution in [0.25, 0.3) is 0 Å². The lowest BCUT2D eigenvalue weighted by molar-refractivity contribution is 0.221. The summed E-state index contributed by atoms with van der Waals surface area (Å²) in [6.45, 7) is 0. The molecule has 2 aromatic rings. The first kappa shape index (κ1) is 13.8. The zero-order valence-corrected chi connectivity index (χ0v) is 13.0. The molecule has 0 amide bonds. The fourth-order valence-electron chi connectivity index (χ4n) is 2.44. The number of benzene rings is 2. The van der Waals surface area contributed by atoms with Gasteiger partial charge in [0.25, 0.3) is 10.1 Å². The van der Waals surface area contributed by atoms with Gasteiger partial charge in [-0.15, -0.1) is 0 Å². The van der Waals surface area contributed by atoms with Crippen LogP contribution in [0.1, 0.15) is 11.1 Å². The van der Waals surface area contributed by atoms with E-state index in [9.17, 15) is 8.42 Å². The van der Waals surface area contributed by atoms with E-state index in [1.54, 1.807) is 30.3 Å². The molecule has 1 atom stereocenters. The monoisotopic (exact) mass is 352 g/mol. The molecule has 104 valence electrons. The smallest absolute Gasteiger partial charge is 0.262 e. The van der Waals surface area contributed by atoms with Gasteiger partial charge in [-0.3, -0.25) is 4.18 Å². The van der Waals surface area contributed by atoms with Crippen molar-refractivity contribution in [1.29, 1.82) is 0 Å². The Balaban J connectivity index is 1.78. The van der Waals surface area contributed by atoms with Crippen molar-refractivity contribution >= 4 is 26.0 Å². The first-order valence-corrected chi connectivity index (χ1v) is 8.50. The summed E-state index contributed by atoms with van der Waals surface area (Å²) in [6, 6.07) is 14.3. The first-order valence-electron chi connectivity index (χ1n) is 6.30. The summed E-state index contributed by atoms with van der Waals surface area (Å²) in [5.41, 5.74) is 2.30. The maximum Gasteiger partial charge on any atom is 0.297 e. The standard InChI is InChI=1S/C15H13BrO3S/c16-13-7-6-11-9-14(10-12(11)8-13)19-20(17,18)15-4-2-1-3-5-15/h1-8,14H,9-10H2. The lowest BCUT2D eigenvalue weighted by Crippen LogP contribution is -2.18. The van der Waals surface area contributed by atoms with Crippen molar-refractivity contribution in [2.24, 2.45) is 0 Å². The highest BCUT2D eigenvalue weighted by molar-refractivity contribution is 9.10. The average Bonchev–Trinajstić information content (AvgIpc) is 2.80. The van der Waals surface area contributed by atoms with Crippen molar-refractivity contribution in [3.8, 4) is 0 Å². The molecule has 0 aliphatic heterocycles. The number of halogens is 1. The summed E-state index contributed by atoms with van der Waals surface area (Å²) in [5, 5.41) is 0. The molecule has 0 spiro atoms. The van der Waals surface area contributed by atoms with E-state index >= 15 is 0 Å². The molecule has 0 saturated heterocycles. The molecule has 0 bridgehead atoms. The van der Waals surface area contributed by atoms with Crippen LogP contribution >= 0.6 is 15.9 Å². The van der Waals surface area contributed by atoms with E-state index in [2.05, 4.69) is 15.9 Å². The molecule has 0 saturated carbocycles. The van der Waals surface area contributed by atoms with Gasteiger partial charge in [0, 0.05) is 17.3 Å². The number of hydrogen-bond donors (Lipinski definition) is 0. The van der Waals surface area contributed by atoms with Crippen LogP contribution in [-0.4, -0.2) is 14.5 Å². The van der Waals surface area contributed by atoms with Crippen LogP contribution in [0.4, 0.5) is 0 Å². The van der Waals surface area contributed by atoms with E-state index in [1.165, 1.54) is 0 Å². The highest BCUT2D eigenvalue weighted by Crippen LogP contribution is 2.29. The fourth-order valence-corrected chi connectivity index (χ4v) is 3.94. The van der Waals surface area contributed by atoms with E-state index in [0.717, 1.165) is 15.6 Å². The average molecular weight is 353 g/mol. The molecule has 3 nitrogen and oxygen atoms in total. The largest absolute Gasteiger partial charge is 0.297 e. The third-order valence-electron chi connectivity index (χ3n) is 3.36. The second kappa shape index (κ2) is 5.31. The van der Waals surface area contributed by atoms with Crippen LogP contribution in [-0.2, 0) is 27.1 Å². The van der Waals surface area contributed by atoms with Gasteiger partial charge in [0.05, 0.1) is 11.0 Å². The highest BCUT2D eigenvalue weighted by Gasteiger charge is 2.28. The summed E-state index contributed by atoms with van der Waals surface area (Å²) in [5.74, 6) is 0. The maximum absolute atomic E-state index is 12.2. The third-order valence-corrected chi connectivity index (χ3v) is 5.23.